The summed E-state index contributed by atoms with van der Waals surface area (Å²) in [6.07, 6.45) is 2.01. The molecule has 3 rings (SSSR count). The molecule has 1 aromatic rings. The summed E-state index contributed by atoms with van der Waals surface area (Å²) in [6.45, 7) is 1.61. The maximum atomic E-state index is 12.3. The zero-order chi connectivity index (χ0) is 14.0. The minimum atomic E-state index is -0.887. The molecule has 0 aromatic heterocycles. The average Bonchev–Trinajstić information content (AvgIpc) is 2.48. The lowest BCUT2D eigenvalue weighted by Gasteiger charge is -2.33. The molecule has 1 amide bonds. The van der Waals surface area contributed by atoms with Crippen molar-refractivity contribution in [1.82, 2.24) is 5.32 Å². The first-order valence-corrected chi connectivity index (χ1v) is 7.10. The second-order valence-corrected chi connectivity index (χ2v) is 5.62. The van der Waals surface area contributed by atoms with E-state index >= 15 is 0 Å². The van der Waals surface area contributed by atoms with Crippen molar-refractivity contribution < 1.29 is 9.53 Å². The van der Waals surface area contributed by atoms with Gasteiger partial charge in [0, 0.05) is 25.7 Å². The summed E-state index contributed by atoms with van der Waals surface area (Å²) in [5, 5.41) is 12.3. The molecule has 1 fully saturated rings. The number of nitrogens with zero attached hydrogens (tertiary/aromatic N) is 1. The molecule has 4 heteroatoms. The number of carbonyl (C=O) groups excluding carboxylic acids is 1. The number of carbonyl (C=O) groups is 1. The molecule has 4 nitrogen and oxygen atoms in total. The third-order valence-corrected chi connectivity index (χ3v) is 4.47. The van der Waals surface area contributed by atoms with Gasteiger partial charge in [-0.25, -0.2) is 0 Å². The molecule has 1 N–H and O–H groups in total. The normalized spacial score (nSPS) is 23.1. The van der Waals surface area contributed by atoms with Crippen LogP contribution >= 0.6 is 0 Å². The van der Waals surface area contributed by atoms with Crippen molar-refractivity contribution in [3.8, 4) is 6.07 Å². The number of nitrogens with one attached hydrogen (secondary N) is 1. The second kappa shape index (κ2) is 5.26. The topological polar surface area (TPSA) is 62.1 Å². The van der Waals surface area contributed by atoms with Crippen LogP contribution in [-0.2, 0) is 16.0 Å². The Kier molecular flexibility index (Phi) is 3.45. The van der Waals surface area contributed by atoms with Crippen molar-refractivity contribution in [2.75, 3.05) is 19.8 Å². The molecule has 0 bridgehead atoms. The number of hydrogen-bond donors (Lipinski definition) is 1. The van der Waals surface area contributed by atoms with Crippen LogP contribution in [0.1, 0.15) is 29.9 Å². The van der Waals surface area contributed by atoms with Gasteiger partial charge in [0.2, 0.25) is 5.91 Å². The molecule has 1 saturated heterocycles. The van der Waals surface area contributed by atoms with Crippen molar-refractivity contribution in [2.24, 2.45) is 5.41 Å². The van der Waals surface area contributed by atoms with Crippen LogP contribution in [0.25, 0.3) is 0 Å². The predicted molar refractivity (Wildman–Crippen MR) is 74.0 cm³/mol. The Balaban J connectivity index is 1.59. The van der Waals surface area contributed by atoms with Crippen molar-refractivity contribution >= 4 is 5.91 Å². The van der Waals surface area contributed by atoms with Crippen LogP contribution in [0.15, 0.2) is 24.3 Å². The monoisotopic (exact) mass is 270 g/mol. The van der Waals surface area contributed by atoms with E-state index in [-0.39, 0.29) is 5.91 Å². The molecule has 1 aromatic carbocycles. The van der Waals surface area contributed by atoms with E-state index in [9.17, 15) is 10.1 Å². The lowest BCUT2D eigenvalue weighted by Crippen LogP contribution is -2.45. The number of rotatable bonds is 3. The highest BCUT2D eigenvalue weighted by Gasteiger charge is 2.40. The van der Waals surface area contributed by atoms with E-state index in [2.05, 4.69) is 23.5 Å². The number of hydrogen-bond acceptors (Lipinski definition) is 3. The van der Waals surface area contributed by atoms with Crippen molar-refractivity contribution in [2.45, 2.75) is 25.2 Å². The first kappa shape index (κ1) is 13.1. The summed E-state index contributed by atoms with van der Waals surface area (Å²) >= 11 is 0. The molecule has 0 radical (unpaired) electrons. The number of nitriles is 1. The van der Waals surface area contributed by atoms with Gasteiger partial charge in [0.05, 0.1) is 6.07 Å². The van der Waals surface area contributed by atoms with Gasteiger partial charge in [0.25, 0.3) is 0 Å². The molecule has 104 valence electrons. The highest BCUT2D eigenvalue weighted by atomic mass is 16.5. The van der Waals surface area contributed by atoms with E-state index < -0.39 is 5.41 Å². The lowest BCUT2D eigenvalue weighted by molar-refractivity contribution is -0.132. The van der Waals surface area contributed by atoms with Gasteiger partial charge < -0.3 is 10.1 Å². The highest BCUT2D eigenvalue weighted by molar-refractivity contribution is 5.85. The molecule has 1 atom stereocenters. The minimum absolute atomic E-state index is 0.132. The fraction of sp³-hybridized carbons (Fsp3) is 0.500. The summed E-state index contributed by atoms with van der Waals surface area (Å²) in [5.74, 6) is 0.262. The van der Waals surface area contributed by atoms with E-state index in [1.165, 1.54) is 11.1 Å². The smallest absolute Gasteiger partial charge is 0.240 e. The van der Waals surface area contributed by atoms with Crippen LogP contribution in [0.2, 0.25) is 0 Å². The molecule has 1 aliphatic heterocycles. The molecule has 1 heterocycles. The fourth-order valence-electron chi connectivity index (χ4n) is 3.04. The molecule has 1 unspecified atom stereocenters. The summed E-state index contributed by atoms with van der Waals surface area (Å²) in [6, 6.07) is 10.5. The van der Waals surface area contributed by atoms with Crippen LogP contribution in [0, 0.1) is 16.7 Å². The molecule has 20 heavy (non-hydrogen) atoms. The van der Waals surface area contributed by atoms with Crippen LogP contribution in [0.3, 0.4) is 0 Å². The Hall–Kier alpha value is -1.86. The number of ether oxygens (including phenoxy) is 1. The highest BCUT2D eigenvalue weighted by Crippen LogP contribution is 2.35. The minimum Gasteiger partial charge on any atom is -0.381 e. The second-order valence-electron chi connectivity index (χ2n) is 5.62. The Labute approximate surface area is 118 Å². The van der Waals surface area contributed by atoms with Crippen LogP contribution in [0.4, 0.5) is 0 Å². The molecular weight excluding hydrogens is 252 g/mol. The van der Waals surface area contributed by atoms with Gasteiger partial charge in [-0.15, -0.1) is 0 Å². The molecule has 1 aliphatic carbocycles. The fourth-order valence-corrected chi connectivity index (χ4v) is 3.04. The van der Waals surface area contributed by atoms with Crippen LogP contribution in [-0.4, -0.2) is 25.7 Å². The van der Waals surface area contributed by atoms with Gasteiger partial charge in [-0.1, -0.05) is 24.3 Å². The SMILES string of the molecule is N#CC1(C(=O)NCC2Cc3ccccc32)CCOCC1. The van der Waals surface area contributed by atoms with Gasteiger partial charge >= 0.3 is 0 Å². The van der Waals surface area contributed by atoms with Gasteiger partial charge in [0.15, 0.2) is 0 Å². The number of benzene rings is 1. The third-order valence-electron chi connectivity index (χ3n) is 4.47. The van der Waals surface area contributed by atoms with Gasteiger partial charge in [0.1, 0.15) is 5.41 Å². The largest absolute Gasteiger partial charge is 0.381 e. The summed E-state index contributed by atoms with van der Waals surface area (Å²) in [7, 11) is 0. The lowest BCUT2D eigenvalue weighted by atomic mass is 9.77. The van der Waals surface area contributed by atoms with E-state index in [0.717, 1.165) is 6.42 Å². The summed E-state index contributed by atoms with van der Waals surface area (Å²) in [4.78, 5) is 12.3. The van der Waals surface area contributed by atoms with Gasteiger partial charge in [-0.3, -0.25) is 4.79 Å². The first-order chi connectivity index (χ1) is 9.75. The van der Waals surface area contributed by atoms with Gasteiger partial charge in [-0.2, -0.15) is 5.26 Å². The number of fused-ring (bicyclic) bond motifs is 1. The van der Waals surface area contributed by atoms with Crippen molar-refractivity contribution in [3.63, 3.8) is 0 Å². The van der Waals surface area contributed by atoms with Crippen LogP contribution in [0.5, 0.6) is 0 Å². The average molecular weight is 270 g/mol. The van der Waals surface area contributed by atoms with Gasteiger partial charge in [-0.05, 0) is 30.4 Å². The summed E-state index contributed by atoms with van der Waals surface area (Å²) < 4.78 is 5.25. The standard InChI is InChI=1S/C16H18N2O2/c17-11-16(5-7-20-8-6-16)15(19)18-10-13-9-12-3-1-2-4-14(12)13/h1-4,13H,5-10H2,(H,18,19). The van der Waals surface area contributed by atoms with E-state index in [1.54, 1.807) is 0 Å². The van der Waals surface area contributed by atoms with E-state index in [1.807, 2.05) is 12.1 Å². The zero-order valence-corrected chi connectivity index (χ0v) is 11.4. The maximum Gasteiger partial charge on any atom is 0.240 e. The quantitative estimate of drug-likeness (QED) is 0.910. The molecule has 2 aliphatic rings. The Bertz CT molecular complexity index is 556. The maximum absolute atomic E-state index is 12.3. The van der Waals surface area contributed by atoms with Crippen LogP contribution < -0.4 is 5.32 Å². The van der Waals surface area contributed by atoms with E-state index in [0.29, 0.717) is 38.5 Å². The Morgan fingerprint density at radius 1 is 1.40 bits per heavy atom. The predicted octanol–water partition coefficient (Wildman–Crippen LogP) is 1.76. The number of amides is 1. The van der Waals surface area contributed by atoms with Crippen molar-refractivity contribution in [3.05, 3.63) is 35.4 Å². The molecule has 0 saturated carbocycles. The molecule has 0 spiro atoms. The summed E-state index contributed by atoms with van der Waals surface area (Å²) in [5.41, 5.74) is 1.81. The first-order valence-electron chi connectivity index (χ1n) is 7.10. The van der Waals surface area contributed by atoms with Crippen molar-refractivity contribution in [1.29, 1.82) is 5.26 Å². The molecular formula is C16H18N2O2. The third kappa shape index (κ3) is 2.19. The Morgan fingerprint density at radius 3 is 2.85 bits per heavy atom. The zero-order valence-electron chi connectivity index (χ0n) is 11.4. The van der Waals surface area contributed by atoms with E-state index in [4.69, 9.17) is 4.74 Å². The Morgan fingerprint density at radius 2 is 2.15 bits per heavy atom.